The SMILES string of the molecule is CNc1nc(-c2ccccc2)nc2sc3c(c12)CCCC3. The zero-order chi connectivity index (χ0) is 14.2. The maximum absolute atomic E-state index is 4.83. The van der Waals surface area contributed by atoms with Crippen LogP contribution in [0, 0.1) is 0 Å². The van der Waals surface area contributed by atoms with Gasteiger partial charge in [0.05, 0.1) is 5.39 Å². The van der Waals surface area contributed by atoms with Gasteiger partial charge >= 0.3 is 0 Å². The number of aromatic nitrogens is 2. The van der Waals surface area contributed by atoms with Gasteiger partial charge in [-0.25, -0.2) is 9.97 Å². The molecule has 0 radical (unpaired) electrons. The smallest absolute Gasteiger partial charge is 0.163 e. The summed E-state index contributed by atoms with van der Waals surface area (Å²) < 4.78 is 0. The Labute approximate surface area is 128 Å². The molecule has 0 aliphatic heterocycles. The number of aryl methyl sites for hydroxylation is 2. The molecule has 3 nitrogen and oxygen atoms in total. The molecule has 1 aliphatic carbocycles. The third-order valence-corrected chi connectivity index (χ3v) is 5.27. The zero-order valence-corrected chi connectivity index (χ0v) is 12.8. The first-order valence-electron chi connectivity index (χ1n) is 7.42. The van der Waals surface area contributed by atoms with E-state index in [-0.39, 0.29) is 0 Å². The van der Waals surface area contributed by atoms with Crippen LogP contribution in [0.2, 0.25) is 0 Å². The van der Waals surface area contributed by atoms with Gasteiger partial charge in [0.1, 0.15) is 10.6 Å². The van der Waals surface area contributed by atoms with Gasteiger partial charge in [-0.1, -0.05) is 30.3 Å². The van der Waals surface area contributed by atoms with Gasteiger partial charge in [0.15, 0.2) is 5.82 Å². The van der Waals surface area contributed by atoms with Gasteiger partial charge in [0.25, 0.3) is 0 Å². The number of anilines is 1. The van der Waals surface area contributed by atoms with Crippen molar-refractivity contribution in [2.75, 3.05) is 12.4 Å². The van der Waals surface area contributed by atoms with Crippen molar-refractivity contribution in [2.24, 2.45) is 0 Å². The van der Waals surface area contributed by atoms with E-state index in [9.17, 15) is 0 Å². The molecular formula is C17H17N3S. The molecule has 4 rings (SSSR count). The third-order valence-electron chi connectivity index (χ3n) is 4.08. The lowest BCUT2D eigenvalue weighted by molar-refractivity contribution is 0.700. The Hall–Kier alpha value is -1.94. The molecule has 106 valence electrons. The monoisotopic (exact) mass is 295 g/mol. The standard InChI is InChI=1S/C17H17N3S/c1-18-16-14-12-9-5-6-10-13(12)21-17(14)20-15(19-16)11-7-3-2-4-8-11/h2-4,7-8H,5-6,9-10H2,1H3,(H,18,19,20). The molecule has 0 saturated heterocycles. The van der Waals surface area contributed by atoms with Crippen LogP contribution in [-0.2, 0) is 12.8 Å². The van der Waals surface area contributed by atoms with E-state index < -0.39 is 0 Å². The lowest BCUT2D eigenvalue weighted by atomic mass is 9.97. The molecule has 1 aliphatic rings. The van der Waals surface area contributed by atoms with Crippen molar-refractivity contribution in [3.8, 4) is 11.4 Å². The van der Waals surface area contributed by atoms with E-state index in [2.05, 4.69) is 17.4 Å². The summed E-state index contributed by atoms with van der Waals surface area (Å²) in [6.07, 6.45) is 4.94. The van der Waals surface area contributed by atoms with Crippen LogP contribution in [-0.4, -0.2) is 17.0 Å². The normalized spacial score (nSPS) is 14.1. The Kier molecular flexibility index (Phi) is 3.11. The van der Waals surface area contributed by atoms with Gasteiger partial charge in [-0.3, -0.25) is 0 Å². The molecule has 0 amide bonds. The quantitative estimate of drug-likeness (QED) is 0.767. The highest BCUT2D eigenvalue weighted by Gasteiger charge is 2.20. The first-order chi connectivity index (χ1) is 10.4. The minimum absolute atomic E-state index is 0.811. The lowest BCUT2D eigenvalue weighted by Crippen LogP contribution is -2.01. The maximum Gasteiger partial charge on any atom is 0.163 e. The number of hydrogen-bond donors (Lipinski definition) is 1. The van der Waals surface area contributed by atoms with Crippen molar-refractivity contribution in [1.29, 1.82) is 0 Å². The molecule has 2 heterocycles. The third kappa shape index (κ3) is 2.10. The number of benzene rings is 1. The number of fused-ring (bicyclic) bond motifs is 3. The molecule has 0 unspecified atom stereocenters. The fourth-order valence-corrected chi connectivity index (χ4v) is 4.32. The first kappa shape index (κ1) is 12.8. The van der Waals surface area contributed by atoms with E-state index in [0.29, 0.717) is 0 Å². The Bertz CT molecular complexity index is 793. The Balaban J connectivity index is 1.96. The molecule has 21 heavy (non-hydrogen) atoms. The summed E-state index contributed by atoms with van der Waals surface area (Å²) in [6, 6.07) is 10.2. The second-order valence-electron chi connectivity index (χ2n) is 5.40. The van der Waals surface area contributed by atoms with E-state index in [0.717, 1.165) is 28.5 Å². The second kappa shape index (κ2) is 5.11. The fourth-order valence-electron chi connectivity index (χ4n) is 3.05. The largest absolute Gasteiger partial charge is 0.372 e. The van der Waals surface area contributed by atoms with Crippen LogP contribution in [0.4, 0.5) is 5.82 Å². The van der Waals surface area contributed by atoms with Gasteiger partial charge in [0, 0.05) is 17.5 Å². The number of rotatable bonds is 2. The lowest BCUT2D eigenvalue weighted by Gasteiger charge is -2.12. The summed E-state index contributed by atoms with van der Waals surface area (Å²) in [6.45, 7) is 0. The van der Waals surface area contributed by atoms with E-state index in [1.165, 1.54) is 35.1 Å². The van der Waals surface area contributed by atoms with E-state index in [1.54, 1.807) is 0 Å². The number of nitrogens with one attached hydrogen (secondary N) is 1. The van der Waals surface area contributed by atoms with Crippen LogP contribution in [0.25, 0.3) is 21.6 Å². The second-order valence-corrected chi connectivity index (χ2v) is 6.49. The van der Waals surface area contributed by atoms with Crippen LogP contribution in [0.15, 0.2) is 30.3 Å². The fraction of sp³-hybridized carbons (Fsp3) is 0.294. The molecule has 0 fully saturated rings. The van der Waals surface area contributed by atoms with Gasteiger partial charge in [0.2, 0.25) is 0 Å². The minimum atomic E-state index is 0.811. The Morgan fingerprint density at radius 2 is 1.86 bits per heavy atom. The Morgan fingerprint density at radius 1 is 1.05 bits per heavy atom. The van der Waals surface area contributed by atoms with Crippen molar-refractivity contribution in [2.45, 2.75) is 25.7 Å². The highest BCUT2D eigenvalue weighted by molar-refractivity contribution is 7.19. The highest BCUT2D eigenvalue weighted by Crippen LogP contribution is 2.39. The summed E-state index contributed by atoms with van der Waals surface area (Å²) in [7, 11) is 1.95. The van der Waals surface area contributed by atoms with Crippen molar-refractivity contribution in [3.63, 3.8) is 0 Å². The summed E-state index contributed by atoms with van der Waals surface area (Å²) in [5.74, 6) is 1.78. The topological polar surface area (TPSA) is 37.8 Å². The number of thiophene rings is 1. The predicted octanol–water partition coefficient (Wildman–Crippen LogP) is 4.28. The number of hydrogen-bond acceptors (Lipinski definition) is 4. The van der Waals surface area contributed by atoms with Crippen molar-refractivity contribution >= 4 is 27.4 Å². The van der Waals surface area contributed by atoms with E-state index in [4.69, 9.17) is 9.97 Å². The summed E-state index contributed by atoms with van der Waals surface area (Å²) in [5, 5.41) is 4.52. The van der Waals surface area contributed by atoms with Gasteiger partial charge < -0.3 is 5.32 Å². The van der Waals surface area contributed by atoms with Crippen molar-refractivity contribution < 1.29 is 0 Å². The molecule has 1 aromatic carbocycles. The van der Waals surface area contributed by atoms with Crippen molar-refractivity contribution in [1.82, 2.24) is 9.97 Å². The maximum atomic E-state index is 4.83. The highest BCUT2D eigenvalue weighted by atomic mass is 32.1. The average Bonchev–Trinajstić information content (AvgIpc) is 2.93. The Morgan fingerprint density at radius 3 is 2.67 bits per heavy atom. The van der Waals surface area contributed by atoms with Gasteiger partial charge in [-0.05, 0) is 31.2 Å². The molecule has 0 saturated carbocycles. The molecule has 3 aromatic rings. The minimum Gasteiger partial charge on any atom is -0.372 e. The van der Waals surface area contributed by atoms with Crippen molar-refractivity contribution in [3.05, 3.63) is 40.8 Å². The molecule has 0 bridgehead atoms. The van der Waals surface area contributed by atoms with Crippen LogP contribution in [0.1, 0.15) is 23.3 Å². The molecule has 2 aromatic heterocycles. The first-order valence-corrected chi connectivity index (χ1v) is 8.24. The van der Waals surface area contributed by atoms with Crippen LogP contribution in [0.3, 0.4) is 0 Å². The van der Waals surface area contributed by atoms with Gasteiger partial charge in [-0.2, -0.15) is 0 Å². The molecular weight excluding hydrogens is 278 g/mol. The summed E-state index contributed by atoms with van der Waals surface area (Å²) in [4.78, 5) is 12.2. The molecule has 1 N–H and O–H groups in total. The molecule has 4 heteroatoms. The van der Waals surface area contributed by atoms with Crippen LogP contribution in [0.5, 0.6) is 0 Å². The molecule has 0 atom stereocenters. The van der Waals surface area contributed by atoms with E-state index >= 15 is 0 Å². The van der Waals surface area contributed by atoms with E-state index in [1.807, 2.05) is 36.6 Å². The summed E-state index contributed by atoms with van der Waals surface area (Å²) in [5.41, 5.74) is 2.55. The van der Waals surface area contributed by atoms with Gasteiger partial charge in [-0.15, -0.1) is 11.3 Å². The summed E-state index contributed by atoms with van der Waals surface area (Å²) >= 11 is 1.85. The molecule has 0 spiro atoms. The van der Waals surface area contributed by atoms with Crippen LogP contribution < -0.4 is 5.32 Å². The predicted molar refractivity (Wildman–Crippen MR) is 89.0 cm³/mol. The van der Waals surface area contributed by atoms with Crippen LogP contribution >= 0.6 is 11.3 Å². The average molecular weight is 295 g/mol. The number of nitrogens with zero attached hydrogens (tertiary/aromatic N) is 2. The zero-order valence-electron chi connectivity index (χ0n) is 12.0.